The predicted octanol–water partition coefficient (Wildman–Crippen LogP) is 6.96. The molecule has 1 saturated carbocycles. The van der Waals surface area contributed by atoms with Crippen molar-refractivity contribution < 1.29 is 27.1 Å². The molecular weight excluding hydrogens is 441 g/mol. The van der Waals surface area contributed by atoms with E-state index in [9.17, 15) is 27.1 Å². The summed E-state index contributed by atoms with van der Waals surface area (Å²) in [5, 5.41) is 2.17. The van der Waals surface area contributed by atoms with Crippen molar-refractivity contribution in [2.45, 2.75) is 25.0 Å². The first-order valence-electron chi connectivity index (χ1n) is 9.86. The van der Waals surface area contributed by atoms with Gasteiger partial charge in [-0.25, -0.2) is 13.2 Å². The SMILES string of the molecule is CC(=O)c1cccc(-c2ccc(Nc3c(NS(O)(O)C4CC4)ccc(F)c3F)c(F)c2)c1. The average Bonchev–Trinajstić information content (AvgIpc) is 3.60. The van der Waals surface area contributed by atoms with Gasteiger partial charge in [-0.3, -0.25) is 18.6 Å². The molecule has 4 rings (SSSR count). The lowest BCUT2D eigenvalue weighted by atomic mass is 10.0. The summed E-state index contributed by atoms with van der Waals surface area (Å²) in [6.45, 7) is 1.43. The number of benzene rings is 3. The molecule has 3 aromatic carbocycles. The van der Waals surface area contributed by atoms with Gasteiger partial charge in [0.15, 0.2) is 17.4 Å². The first kappa shape index (κ1) is 22.2. The number of nitrogens with one attached hydrogen (secondary N) is 2. The zero-order valence-electron chi connectivity index (χ0n) is 17.0. The fourth-order valence-corrected chi connectivity index (χ4v) is 4.70. The smallest absolute Gasteiger partial charge is 0.184 e. The normalized spacial score (nSPS) is 14.2. The van der Waals surface area contributed by atoms with Gasteiger partial charge in [-0.05, 0) is 61.2 Å². The number of rotatable bonds is 7. The molecular formula is C23H21F3N2O3S. The van der Waals surface area contributed by atoms with Crippen LogP contribution in [0.2, 0.25) is 0 Å². The summed E-state index contributed by atoms with van der Waals surface area (Å²) in [5.41, 5.74) is 0.950. The average molecular weight is 462 g/mol. The number of halogens is 3. The molecule has 0 atom stereocenters. The Morgan fingerprint density at radius 2 is 1.62 bits per heavy atom. The molecule has 1 fully saturated rings. The van der Waals surface area contributed by atoms with Gasteiger partial charge in [0.05, 0.1) is 16.6 Å². The van der Waals surface area contributed by atoms with E-state index in [0.717, 1.165) is 12.1 Å². The van der Waals surface area contributed by atoms with Crippen LogP contribution in [0.15, 0.2) is 54.6 Å². The molecule has 0 radical (unpaired) electrons. The van der Waals surface area contributed by atoms with Gasteiger partial charge in [0, 0.05) is 5.56 Å². The van der Waals surface area contributed by atoms with Gasteiger partial charge in [-0.2, -0.15) is 0 Å². The third-order valence-corrected chi connectivity index (χ3v) is 7.10. The Kier molecular flexibility index (Phi) is 5.89. The third kappa shape index (κ3) is 4.59. The van der Waals surface area contributed by atoms with Crippen molar-refractivity contribution in [1.29, 1.82) is 0 Å². The molecule has 1 aliphatic rings. The second kappa shape index (κ2) is 8.50. The molecule has 0 heterocycles. The van der Waals surface area contributed by atoms with Crippen molar-refractivity contribution in [1.82, 2.24) is 0 Å². The molecule has 168 valence electrons. The van der Waals surface area contributed by atoms with E-state index in [-0.39, 0.29) is 22.4 Å². The molecule has 0 amide bonds. The lowest BCUT2D eigenvalue weighted by Gasteiger charge is -2.34. The minimum absolute atomic E-state index is 0.0894. The van der Waals surface area contributed by atoms with Crippen LogP contribution in [-0.4, -0.2) is 20.1 Å². The molecule has 1 aliphatic carbocycles. The molecule has 0 spiro atoms. The highest BCUT2D eigenvalue weighted by Crippen LogP contribution is 2.56. The number of carbonyl (C=O) groups is 1. The number of Topliss-reactive ketones (excluding diaryl/α,β-unsaturated/α-hetero) is 1. The number of carbonyl (C=O) groups excluding carboxylic acids is 1. The van der Waals surface area contributed by atoms with Gasteiger partial charge in [-0.1, -0.05) is 24.3 Å². The predicted molar refractivity (Wildman–Crippen MR) is 121 cm³/mol. The summed E-state index contributed by atoms with van der Waals surface area (Å²) in [6, 6.07) is 12.9. The van der Waals surface area contributed by atoms with Crippen molar-refractivity contribution in [2.75, 3.05) is 10.0 Å². The van der Waals surface area contributed by atoms with Gasteiger partial charge in [-0.15, -0.1) is 10.8 Å². The quantitative estimate of drug-likeness (QED) is 0.286. The van der Waals surface area contributed by atoms with Crippen LogP contribution in [0.25, 0.3) is 11.1 Å². The maximum atomic E-state index is 14.9. The monoisotopic (exact) mass is 462 g/mol. The lowest BCUT2D eigenvalue weighted by molar-refractivity contribution is 0.101. The Labute approximate surface area is 184 Å². The van der Waals surface area contributed by atoms with Crippen LogP contribution in [0.3, 0.4) is 0 Å². The highest BCUT2D eigenvalue weighted by molar-refractivity contribution is 8.26. The van der Waals surface area contributed by atoms with Crippen molar-refractivity contribution in [3.63, 3.8) is 0 Å². The van der Waals surface area contributed by atoms with E-state index in [1.165, 1.54) is 19.1 Å². The van der Waals surface area contributed by atoms with E-state index in [1.807, 2.05) is 0 Å². The van der Waals surface area contributed by atoms with Crippen molar-refractivity contribution in [3.8, 4) is 11.1 Å². The second-order valence-corrected chi connectivity index (χ2v) is 9.69. The maximum absolute atomic E-state index is 14.9. The number of anilines is 3. The van der Waals surface area contributed by atoms with Gasteiger partial charge >= 0.3 is 0 Å². The lowest BCUT2D eigenvalue weighted by Crippen LogP contribution is -2.15. The zero-order chi connectivity index (χ0) is 23.0. The first-order valence-corrected chi connectivity index (χ1v) is 11.5. The highest BCUT2D eigenvalue weighted by Gasteiger charge is 2.36. The minimum Gasteiger partial charge on any atom is -0.349 e. The Morgan fingerprint density at radius 1 is 0.938 bits per heavy atom. The van der Waals surface area contributed by atoms with Gasteiger partial charge < -0.3 is 5.32 Å². The minimum atomic E-state index is -3.25. The summed E-state index contributed by atoms with van der Waals surface area (Å²) >= 11 is 0. The molecule has 4 N–H and O–H groups in total. The molecule has 5 nitrogen and oxygen atoms in total. The van der Waals surface area contributed by atoms with E-state index in [1.54, 1.807) is 30.3 Å². The highest BCUT2D eigenvalue weighted by atomic mass is 32.3. The van der Waals surface area contributed by atoms with Crippen LogP contribution in [0.5, 0.6) is 0 Å². The third-order valence-electron chi connectivity index (χ3n) is 5.18. The Balaban J connectivity index is 1.65. The Morgan fingerprint density at radius 3 is 2.28 bits per heavy atom. The summed E-state index contributed by atoms with van der Waals surface area (Å²) in [4.78, 5) is 11.6. The standard InChI is InChI=1S/C23H21F3N2O3S/c1-13(29)14-3-2-4-15(11-14)16-5-9-20(19(25)12-16)27-23-21(10-8-18(24)22(23)26)28-32(30,31)17-6-7-17/h2-5,8-12,17,27-28,30-31H,6-7H2,1H3. The van der Waals surface area contributed by atoms with E-state index in [0.29, 0.717) is 29.5 Å². The number of hydrogen-bond donors (Lipinski definition) is 4. The van der Waals surface area contributed by atoms with Crippen LogP contribution in [0.1, 0.15) is 30.1 Å². The van der Waals surface area contributed by atoms with E-state index in [2.05, 4.69) is 10.0 Å². The number of hydrogen-bond acceptors (Lipinski definition) is 5. The summed E-state index contributed by atoms with van der Waals surface area (Å²) in [6.07, 6.45) is 1.23. The maximum Gasteiger partial charge on any atom is 0.184 e. The fraction of sp³-hybridized carbons (Fsp3) is 0.174. The fourth-order valence-electron chi connectivity index (χ4n) is 3.25. The topological polar surface area (TPSA) is 81.6 Å². The summed E-state index contributed by atoms with van der Waals surface area (Å²) in [7, 11) is -3.25. The molecule has 0 unspecified atom stereocenters. The Bertz CT molecular complexity index is 1200. The summed E-state index contributed by atoms with van der Waals surface area (Å²) in [5.74, 6) is -3.30. The van der Waals surface area contributed by atoms with Crippen LogP contribution < -0.4 is 10.0 Å². The summed E-state index contributed by atoms with van der Waals surface area (Å²) < 4.78 is 66.2. The van der Waals surface area contributed by atoms with Crippen molar-refractivity contribution in [2.24, 2.45) is 0 Å². The molecule has 0 aromatic heterocycles. The Hall–Kier alpha value is -3.01. The largest absolute Gasteiger partial charge is 0.349 e. The van der Waals surface area contributed by atoms with Crippen molar-refractivity contribution >= 4 is 33.6 Å². The second-order valence-electron chi connectivity index (χ2n) is 7.63. The zero-order valence-corrected chi connectivity index (χ0v) is 17.8. The number of ketones is 1. The molecule has 3 aromatic rings. The van der Waals surface area contributed by atoms with E-state index in [4.69, 9.17) is 0 Å². The molecule has 32 heavy (non-hydrogen) atoms. The molecule has 0 saturated heterocycles. The van der Waals surface area contributed by atoms with Crippen LogP contribution in [-0.2, 0) is 0 Å². The molecule has 0 bridgehead atoms. The molecule has 0 aliphatic heterocycles. The van der Waals surface area contributed by atoms with Crippen molar-refractivity contribution in [3.05, 3.63) is 77.6 Å². The van der Waals surface area contributed by atoms with Crippen LogP contribution >= 0.6 is 10.8 Å². The molecule has 9 heteroatoms. The van der Waals surface area contributed by atoms with E-state index < -0.39 is 33.9 Å². The van der Waals surface area contributed by atoms with Gasteiger partial charge in [0.2, 0.25) is 0 Å². The van der Waals surface area contributed by atoms with Gasteiger partial charge in [0.25, 0.3) is 0 Å². The van der Waals surface area contributed by atoms with E-state index >= 15 is 0 Å². The first-order chi connectivity index (χ1) is 15.2. The van der Waals surface area contributed by atoms with Crippen LogP contribution in [0.4, 0.5) is 30.2 Å². The van der Waals surface area contributed by atoms with Crippen LogP contribution in [0, 0.1) is 17.5 Å². The van der Waals surface area contributed by atoms with Gasteiger partial charge in [0.1, 0.15) is 11.5 Å².